The number of ketones is 1. The van der Waals surface area contributed by atoms with Gasteiger partial charge in [-0.25, -0.2) is 23.1 Å². The van der Waals surface area contributed by atoms with E-state index in [4.69, 9.17) is 10.5 Å². The maximum atomic E-state index is 15.6. The minimum atomic E-state index is -1.51. The van der Waals surface area contributed by atoms with Crippen molar-refractivity contribution in [2.45, 2.75) is 51.9 Å². The van der Waals surface area contributed by atoms with E-state index in [2.05, 4.69) is 21.5 Å². The zero-order valence-corrected chi connectivity index (χ0v) is 24.8. The van der Waals surface area contributed by atoms with Gasteiger partial charge in [0, 0.05) is 18.7 Å². The molecule has 0 fully saturated rings. The van der Waals surface area contributed by atoms with Gasteiger partial charge in [-0.3, -0.25) is 9.79 Å². The molecular formula is C34H34F4N4O2. The van der Waals surface area contributed by atoms with Gasteiger partial charge < -0.3 is 10.5 Å². The van der Waals surface area contributed by atoms with Crippen LogP contribution in [0.15, 0.2) is 66.0 Å². The van der Waals surface area contributed by atoms with Crippen molar-refractivity contribution >= 4 is 23.4 Å². The van der Waals surface area contributed by atoms with Crippen LogP contribution in [-0.2, 0) is 4.79 Å². The number of nitrogen functional groups attached to an aromatic ring is 1. The number of carbonyl (C=O) groups excluding carboxylic acids is 1. The Morgan fingerprint density at radius 3 is 2.57 bits per heavy atom. The lowest BCUT2D eigenvalue weighted by atomic mass is 9.89. The maximum absolute atomic E-state index is 15.6. The van der Waals surface area contributed by atoms with Crippen LogP contribution in [0.5, 0.6) is 11.5 Å². The molecule has 0 unspecified atom stereocenters. The molecule has 0 radical (unpaired) electrons. The van der Waals surface area contributed by atoms with Gasteiger partial charge >= 0.3 is 0 Å². The molecule has 3 aromatic rings. The van der Waals surface area contributed by atoms with Crippen LogP contribution < -0.4 is 10.5 Å². The van der Waals surface area contributed by atoms with Crippen molar-refractivity contribution in [2.75, 3.05) is 12.8 Å². The molecule has 4 rings (SSSR count). The summed E-state index contributed by atoms with van der Waals surface area (Å²) in [5, 5.41) is 0. The van der Waals surface area contributed by atoms with Gasteiger partial charge in [0.25, 0.3) is 0 Å². The maximum Gasteiger partial charge on any atom is 0.204 e. The molecule has 0 spiro atoms. The molecule has 2 aromatic carbocycles. The standard InChI is InChI=1S/C34H34F4N4O2/c1-5-28(43)21-9-7-6-8-20(10-12-21)11-15-27-29(34(39)42-18-41-27)32(40-4)23-14-13-22(16-25(23)35)44-33-30(37)24(19(2)3)17-26(36)31(33)38/h5,9,11,13-20H,1,6-8,10,12H2,2-4H3,(H2,39,41,42)/b15-11+,21-9-,40-32?/t20-/m0/s1. The highest BCUT2D eigenvalue weighted by atomic mass is 19.2. The molecule has 6 nitrogen and oxygen atoms in total. The third-order valence-electron chi connectivity index (χ3n) is 7.53. The number of nitrogens with zero attached hydrogens (tertiary/aromatic N) is 3. The van der Waals surface area contributed by atoms with Gasteiger partial charge in [0.2, 0.25) is 11.6 Å². The number of anilines is 1. The predicted molar refractivity (Wildman–Crippen MR) is 164 cm³/mol. The van der Waals surface area contributed by atoms with Crippen LogP contribution in [-0.4, -0.2) is 28.5 Å². The van der Waals surface area contributed by atoms with E-state index in [0.717, 1.165) is 43.4 Å². The summed E-state index contributed by atoms with van der Waals surface area (Å²) in [4.78, 5) is 24.8. The van der Waals surface area contributed by atoms with Gasteiger partial charge in [0.1, 0.15) is 23.7 Å². The molecular weight excluding hydrogens is 572 g/mol. The molecule has 0 bridgehead atoms. The lowest BCUT2D eigenvalue weighted by Gasteiger charge is -2.17. The summed E-state index contributed by atoms with van der Waals surface area (Å²) in [5.41, 5.74) is 7.81. The largest absolute Gasteiger partial charge is 0.451 e. The highest BCUT2D eigenvalue weighted by Crippen LogP contribution is 2.35. The fraction of sp³-hybridized carbons (Fsp3) is 0.294. The lowest BCUT2D eigenvalue weighted by molar-refractivity contribution is -0.111. The first kappa shape index (κ1) is 32.3. The van der Waals surface area contributed by atoms with Crippen molar-refractivity contribution in [3.63, 3.8) is 0 Å². The van der Waals surface area contributed by atoms with E-state index in [-0.39, 0.29) is 40.1 Å². The van der Waals surface area contributed by atoms with Gasteiger partial charge in [-0.2, -0.15) is 4.39 Å². The van der Waals surface area contributed by atoms with E-state index in [1.807, 2.05) is 12.2 Å². The number of halogens is 4. The minimum Gasteiger partial charge on any atom is -0.451 e. The number of aliphatic imine (C=N–C) groups is 1. The second kappa shape index (κ2) is 14.2. The fourth-order valence-corrected chi connectivity index (χ4v) is 5.15. The number of ether oxygens (including phenoxy) is 1. The van der Waals surface area contributed by atoms with Gasteiger partial charge in [-0.15, -0.1) is 0 Å². The summed E-state index contributed by atoms with van der Waals surface area (Å²) < 4.78 is 64.4. The first-order valence-electron chi connectivity index (χ1n) is 14.3. The number of hydrogen-bond donors (Lipinski definition) is 1. The second-order valence-corrected chi connectivity index (χ2v) is 10.8. The third-order valence-corrected chi connectivity index (χ3v) is 7.53. The number of benzene rings is 2. The summed E-state index contributed by atoms with van der Waals surface area (Å²) >= 11 is 0. The zero-order valence-electron chi connectivity index (χ0n) is 24.8. The summed E-state index contributed by atoms with van der Waals surface area (Å²) in [6.45, 7) is 6.83. The number of allylic oxidation sites excluding steroid dienone is 4. The van der Waals surface area contributed by atoms with Crippen molar-refractivity contribution in [2.24, 2.45) is 10.9 Å². The van der Waals surface area contributed by atoms with Gasteiger partial charge in [-0.1, -0.05) is 32.6 Å². The van der Waals surface area contributed by atoms with E-state index < -0.39 is 34.9 Å². The van der Waals surface area contributed by atoms with E-state index in [1.165, 1.54) is 31.6 Å². The molecule has 0 saturated carbocycles. The van der Waals surface area contributed by atoms with Gasteiger partial charge in [-0.05, 0) is 85.4 Å². The number of rotatable bonds is 9. The average Bonchev–Trinajstić information content (AvgIpc) is 2.98. The molecule has 10 heteroatoms. The Morgan fingerprint density at radius 2 is 1.89 bits per heavy atom. The normalized spacial score (nSPS) is 17.2. The molecule has 0 aliphatic heterocycles. The zero-order chi connectivity index (χ0) is 32.0. The Balaban J connectivity index is 1.63. The SMILES string of the molecule is C=CC(=O)/C1=C\CCC[C@H](/C=C/c2ncnc(N)c2C(=NC)c2ccc(Oc3c(F)c(F)cc(C(C)C)c3F)cc2F)CC1. The predicted octanol–water partition coefficient (Wildman–Crippen LogP) is 8.27. The number of carbonyl (C=O) groups is 1. The van der Waals surface area contributed by atoms with Crippen LogP contribution in [0.1, 0.15) is 74.3 Å². The molecule has 44 heavy (non-hydrogen) atoms. The molecule has 2 N–H and O–H groups in total. The summed E-state index contributed by atoms with van der Waals surface area (Å²) in [6, 6.07) is 4.33. The molecule has 1 aliphatic rings. The van der Waals surface area contributed by atoms with Crippen molar-refractivity contribution in [1.29, 1.82) is 0 Å². The Hall–Kier alpha value is -4.60. The summed E-state index contributed by atoms with van der Waals surface area (Å²) in [6.07, 6.45) is 12.4. The van der Waals surface area contributed by atoms with Crippen molar-refractivity contribution in [1.82, 2.24) is 9.97 Å². The third kappa shape index (κ3) is 7.12. The van der Waals surface area contributed by atoms with Crippen LogP contribution in [0.25, 0.3) is 6.08 Å². The molecule has 1 aromatic heterocycles. The minimum absolute atomic E-state index is 0.0164. The summed E-state index contributed by atoms with van der Waals surface area (Å²) in [7, 11) is 1.46. The van der Waals surface area contributed by atoms with E-state index >= 15 is 4.39 Å². The topological polar surface area (TPSA) is 90.5 Å². The number of hydrogen-bond acceptors (Lipinski definition) is 6. The van der Waals surface area contributed by atoms with Crippen LogP contribution >= 0.6 is 0 Å². The second-order valence-electron chi connectivity index (χ2n) is 10.8. The van der Waals surface area contributed by atoms with E-state index in [0.29, 0.717) is 17.7 Å². The van der Waals surface area contributed by atoms with Crippen molar-refractivity contribution < 1.29 is 27.1 Å². The molecule has 1 aliphatic carbocycles. The Morgan fingerprint density at radius 1 is 1.11 bits per heavy atom. The van der Waals surface area contributed by atoms with Crippen molar-refractivity contribution in [3.05, 3.63) is 107 Å². The summed E-state index contributed by atoms with van der Waals surface area (Å²) in [5.74, 6) is -6.14. The quantitative estimate of drug-likeness (QED) is 0.115. The van der Waals surface area contributed by atoms with E-state index in [1.54, 1.807) is 19.9 Å². The van der Waals surface area contributed by atoms with Crippen LogP contribution in [0.3, 0.4) is 0 Å². The average molecular weight is 607 g/mol. The Bertz CT molecular complexity index is 1660. The van der Waals surface area contributed by atoms with Gasteiger partial charge in [0.05, 0.1) is 17.0 Å². The first-order valence-corrected chi connectivity index (χ1v) is 14.3. The molecule has 1 atom stereocenters. The fourth-order valence-electron chi connectivity index (χ4n) is 5.15. The Labute approximate surface area is 254 Å². The molecule has 230 valence electrons. The monoisotopic (exact) mass is 606 g/mol. The molecule has 0 saturated heterocycles. The van der Waals surface area contributed by atoms with E-state index in [9.17, 15) is 18.0 Å². The molecule has 0 amide bonds. The smallest absolute Gasteiger partial charge is 0.204 e. The molecule has 1 heterocycles. The number of aromatic nitrogens is 2. The lowest BCUT2D eigenvalue weighted by Crippen LogP contribution is -2.14. The highest BCUT2D eigenvalue weighted by Gasteiger charge is 2.24. The Kier molecular flexibility index (Phi) is 10.5. The van der Waals surface area contributed by atoms with Crippen LogP contribution in [0, 0.1) is 29.2 Å². The first-order chi connectivity index (χ1) is 21.0. The highest BCUT2D eigenvalue weighted by molar-refractivity contribution is 6.17. The van der Waals surface area contributed by atoms with Crippen LogP contribution in [0.2, 0.25) is 0 Å². The van der Waals surface area contributed by atoms with Gasteiger partial charge in [0.15, 0.2) is 17.4 Å². The number of nitrogens with two attached hydrogens (primary N) is 1. The van der Waals surface area contributed by atoms with Crippen LogP contribution in [0.4, 0.5) is 23.4 Å². The van der Waals surface area contributed by atoms with Crippen molar-refractivity contribution in [3.8, 4) is 11.5 Å².